The van der Waals surface area contributed by atoms with Gasteiger partial charge >= 0.3 is 5.97 Å². The zero-order chi connectivity index (χ0) is 20.7. The number of phenols is 1. The molecule has 0 saturated carbocycles. The number of allylic oxidation sites excluding steroid dienone is 1. The van der Waals surface area contributed by atoms with E-state index in [4.69, 9.17) is 10.5 Å². The van der Waals surface area contributed by atoms with Crippen molar-refractivity contribution in [2.45, 2.75) is 10.8 Å². The fourth-order valence-electron chi connectivity index (χ4n) is 3.47. The predicted octanol–water partition coefficient (Wildman–Crippen LogP) is 2.82. The van der Waals surface area contributed by atoms with Crippen LogP contribution >= 0.6 is 11.8 Å². The minimum atomic E-state index is -0.829. The third kappa shape index (κ3) is 2.83. The van der Waals surface area contributed by atoms with E-state index in [1.165, 1.54) is 35.9 Å². The van der Waals surface area contributed by atoms with Crippen LogP contribution in [-0.4, -0.2) is 29.0 Å². The monoisotopic (exact) mass is 405 g/mol. The third-order valence-electron chi connectivity index (χ3n) is 4.81. The summed E-state index contributed by atoms with van der Waals surface area (Å²) < 4.78 is 4.91. The van der Waals surface area contributed by atoms with E-state index in [0.29, 0.717) is 21.1 Å². The van der Waals surface area contributed by atoms with E-state index in [1.54, 1.807) is 36.4 Å². The van der Waals surface area contributed by atoms with Crippen LogP contribution in [-0.2, 0) is 9.53 Å². The van der Waals surface area contributed by atoms with Gasteiger partial charge in [-0.25, -0.2) is 4.79 Å². The molecule has 0 fully saturated rings. The van der Waals surface area contributed by atoms with Crippen LogP contribution in [0.2, 0.25) is 0 Å². The van der Waals surface area contributed by atoms with Crippen LogP contribution in [0.1, 0.15) is 21.8 Å². The third-order valence-corrected chi connectivity index (χ3v) is 5.98. The zero-order valence-corrected chi connectivity index (χ0v) is 16.1. The van der Waals surface area contributed by atoms with E-state index < -0.39 is 17.8 Å². The summed E-state index contributed by atoms with van der Waals surface area (Å²) in [6.07, 6.45) is 0. The van der Waals surface area contributed by atoms with Crippen molar-refractivity contribution < 1.29 is 19.4 Å². The number of methoxy groups -OCH3 is 1. The number of rotatable bonds is 2. The number of aromatic hydroxyl groups is 1. The maximum Gasteiger partial charge on any atom is 0.338 e. The van der Waals surface area contributed by atoms with Gasteiger partial charge in [0.25, 0.3) is 5.91 Å². The molecule has 0 spiro atoms. The van der Waals surface area contributed by atoms with Crippen molar-refractivity contribution in [2.24, 2.45) is 5.73 Å². The Bertz CT molecular complexity index is 1150. The van der Waals surface area contributed by atoms with Gasteiger partial charge < -0.3 is 15.6 Å². The molecule has 2 aromatic carbocycles. The molecule has 1 amide bonds. The second-order valence-corrected chi connectivity index (χ2v) is 7.42. The van der Waals surface area contributed by atoms with Gasteiger partial charge in [0.15, 0.2) is 0 Å². The van der Waals surface area contributed by atoms with E-state index in [1.807, 2.05) is 0 Å². The highest BCUT2D eigenvalue weighted by Crippen LogP contribution is 2.49. The molecule has 2 aliphatic heterocycles. The van der Waals surface area contributed by atoms with Crippen LogP contribution in [0.25, 0.3) is 0 Å². The van der Waals surface area contributed by atoms with Crippen LogP contribution in [0.15, 0.2) is 75.4 Å². The molecule has 1 unspecified atom stereocenters. The minimum Gasteiger partial charge on any atom is -0.508 e. The molecule has 0 saturated heterocycles. The molecular formula is C21H15N3O4S. The van der Waals surface area contributed by atoms with Crippen LogP contribution in [0.5, 0.6) is 5.75 Å². The van der Waals surface area contributed by atoms with Crippen molar-refractivity contribution >= 4 is 23.6 Å². The molecule has 0 aromatic heterocycles. The lowest BCUT2D eigenvalue weighted by atomic mass is 9.83. The number of carbonyl (C=O) groups is 2. The lowest BCUT2D eigenvalue weighted by molar-refractivity contribution is -0.136. The van der Waals surface area contributed by atoms with E-state index in [0.717, 1.165) is 0 Å². The molecule has 29 heavy (non-hydrogen) atoms. The first-order valence-electron chi connectivity index (χ1n) is 8.60. The smallest absolute Gasteiger partial charge is 0.338 e. The zero-order valence-electron chi connectivity index (χ0n) is 15.2. The first-order chi connectivity index (χ1) is 14.0. The van der Waals surface area contributed by atoms with Crippen molar-refractivity contribution in [3.05, 3.63) is 81.7 Å². The fourth-order valence-corrected chi connectivity index (χ4v) is 4.64. The molecule has 8 heteroatoms. The molecule has 0 bridgehead atoms. The van der Waals surface area contributed by atoms with Gasteiger partial charge in [0.2, 0.25) is 0 Å². The van der Waals surface area contributed by atoms with E-state index in [-0.39, 0.29) is 22.7 Å². The number of benzene rings is 2. The van der Waals surface area contributed by atoms with Crippen LogP contribution in [0, 0.1) is 11.3 Å². The van der Waals surface area contributed by atoms with Gasteiger partial charge in [-0.1, -0.05) is 36.0 Å². The Morgan fingerprint density at radius 3 is 2.59 bits per heavy atom. The summed E-state index contributed by atoms with van der Waals surface area (Å²) in [5.74, 6) is -2.00. The summed E-state index contributed by atoms with van der Waals surface area (Å²) in [6, 6.07) is 15.3. The number of fused-ring (bicyclic) bond motifs is 2. The van der Waals surface area contributed by atoms with Crippen LogP contribution < -0.4 is 5.73 Å². The topological polar surface area (TPSA) is 117 Å². The Morgan fingerprint density at radius 2 is 1.93 bits per heavy atom. The molecular weight excluding hydrogens is 390 g/mol. The first kappa shape index (κ1) is 18.7. The number of hydrogen-bond donors (Lipinski definition) is 2. The highest BCUT2D eigenvalue weighted by atomic mass is 32.2. The second kappa shape index (κ2) is 7.04. The molecule has 1 atom stereocenters. The highest BCUT2D eigenvalue weighted by molar-refractivity contribution is 8.03. The van der Waals surface area contributed by atoms with Crippen molar-refractivity contribution in [1.29, 1.82) is 5.26 Å². The number of hydrogen-bond acceptors (Lipinski definition) is 7. The predicted molar refractivity (Wildman–Crippen MR) is 105 cm³/mol. The molecule has 7 nitrogen and oxygen atoms in total. The van der Waals surface area contributed by atoms with Gasteiger partial charge in [0.05, 0.1) is 35.8 Å². The molecule has 144 valence electrons. The standard InChI is InChI=1S/C21H15N3O4S/c1-28-21(27)17-16(11-6-8-12(25)9-7-11)14(10-22)20-24(18(17)23)19(26)13-4-2-3-5-15(13)29-20/h2-9,16,25H,23H2,1H3. The largest absolute Gasteiger partial charge is 0.508 e. The highest BCUT2D eigenvalue weighted by Gasteiger charge is 2.44. The number of phenolic OH excluding ortho intramolecular Hbond substituents is 1. The van der Waals surface area contributed by atoms with Gasteiger partial charge in [-0.3, -0.25) is 9.69 Å². The Hall–Kier alpha value is -3.70. The average Bonchev–Trinajstić information content (AvgIpc) is 2.73. The number of thioether (sulfide) groups is 1. The molecule has 3 N–H and O–H groups in total. The number of nitriles is 1. The number of nitrogens with two attached hydrogens (primary N) is 1. The Balaban J connectivity index is 2.00. The molecule has 2 aromatic rings. The van der Waals surface area contributed by atoms with Gasteiger partial charge in [-0.2, -0.15) is 5.26 Å². The summed E-state index contributed by atoms with van der Waals surface area (Å²) in [4.78, 5) is 27.7. The average molecular weight is 405 g/mol. The Labute approximate surface area is 170 Å². The quantitative estimate of drug-likeness (QED) is 0.738. The van der Waals surface area contributed by atoms with E-state index in [2.05, 4.69) is 6.07 Å². The summed E-state index contributed by atoms with van der Waals surface area (Å²) in [5, 5.41) is 20.0. The van der Waals surface area contributed by atoms with Gasteiger partial charge in [0.1, 0.15) is 16.6 Å². The van der Waals surface area contributed by atoms with Gasteiger partial charge in [0, 0.05) is 4.90 Å². The normalized spacial score (nSPS) is 18.1. The van der Waals surface area contributed by atoms with Crippen molar-refractivity contribution in [2.75, 3.05) is 7.11 Å². The number of amides is 1. The molecule has 2 aliphatic rings. The van der Waals surface area contributed by atoms with Gasteiger partial charge in [-0.15, -0.1) is 0 Å². The SMILES string of the molecule is COC(=O)C1=C(N)N2C(=O)c3ccccc3SC2=C(C#N)C1c1ccc(O)cc1. The summed E-state index contributed by atoms with van der Waals surface area (Å²) >= 11 is 1.25. The number of esters is 1. The van der Waals surface area contributed by atoms with Crippen molar-refractivity contribution in [1.82, 2.24) is 4.90 Å². The lowest BCUT2D eigenvalue weighted by Gasteiger charge is -2.38. The Morgan fingerprint density at radius 1 is 1.24 bits per heavy atom. The maximum atomic E-state index is 13.1. The summed E-state index contributed by atoms with van der Waals surface area (Å²) in [5.41, 5.74) is 7.53. The maximum absolute atomic E-state index is 13.1. The minimum absolute atomic E-state index is 0.00632. The van der Waals surface area contributed by atoms with E-state index >= 15 is 0 Å². The molecule has 4 rings (SSSR count). The van der Waals surface area contributed by atoms with Crippen molar-refractivity contribution in [3.63, 3.8) is 0 Å². The molecule has 0 radical (unpaired) electrons. The molecule has 2 heterocycles. The van der Waals surface area contributed by atoms with Crippen molar-refractivity contribution in [3.8, 4) is 11.8 Å². The van der Waals surface area contributed by atoms with Crippen LogP contribution in [0.3, 0.4) is 0 Å². The van der Waals surface area contributed by atoms with Gasteiger partial charge in [-0.05, 0) is 29.8 Å². The molecule has 0 aliphatic carbocycles. The summed E-state index contributed by atoms with van der Waals surface area (Å²) in [6.45, 7) is 0. The van der Waals surface area contributed by atoms with Crippen LogP contribution in [0.4, 0.5) is 0 Å². The number of nitrogens with zero attached hydrogens (tertiary/aromatic N) is 2. The fraction of sp³-hybridized carbons (Fsp3) is 0.0952. The lowest BCUT2D eigenvalue weighted by Crippen LogP contribution is -2.42. The van der Waals surface area contributed by atoms with E-state index in [9.17, 15) is 20.0 Å². The first-order valence-corrected chi connectivity index (χ1v) is 9.42. The number of ether oxygens (including phenoxy) is 1. The second-order valence-electron chi connectivity index (χ2n) is 6.38. The number of carbonyl (C=O) groups excluding carboxylic acids is 2. The summed E-state index contributed by atoms with van der Waals surface area (Å²) in [7, 11) is 1.21. The Kier molecular flexibility index (Phi) is 4.53.